The van der Waals surface area contributed by atoms with Gasteiger partial charge in [-0.15, -0.1) is 0 Å². The van der Waals surface area contributed by atoms with Crippen LogP contribution >= 0.6 is 0 Å². The fourth-order valence-corrected chi connectivity index (χ4v) is 2.70. The summed E-state index contributed by atoms with van der Waals surface area (Å²) < 4.78 is 11.0. The fourth-order valence-electron chi connectivity index (χ4n) is 2.70. The van der Waals surface area contributed by atoms with Gasteiger partial charge in [0.15, 0.2) is 11.5 Å². The third kappa shape index (κ3) is 2.36. The molecule has 0 fully saturated rings. The van der Waals surface area contributed by atoms with Crippen molar-refractivity contribution in [2.24, 2.45) is 0 Å². The standard InChI is InChI=1S/C18H13NO4/c20-15-10-14(12-3-1-2-4-13(12)18(15)21)19-11-5-6-16-17(9-11)23-8-7-22-16/h1-6,9-10,19H,7-8H2. The summed E-state index contributed by atoms with van der Waals surface area (Å²) in [5.74, 6) is 0.358. The number of ketones is 2. The smallest absolute Gasteiger partial charge is 0.233 e. The Morgan fingerprint density at radius 2 is 1.61 bits per heavy atom. The first kappa shape index (κ1) is 13.6. The van der Waals surface area contributed by atoms with Gasteiger partial charge in [0.2, 0.25) is 11.6 Å². The molecule has 4 rings (SSSR count). The molecule has 2 aliphatic rings. The summed E-state index contributed by atoms with van der Waals surface area (Å²) in [6.45, 7) is 1.05. The van der Waals surface area contributed by atoms with Gasteiger partial charge in [-0.05, 0) is 12.1 Å². The Morgan fingerprint density at radius 3 is 2.43 bits per heavy atom. The Balaban J connectivity index is 1.70. The van der Waals surface area contributed by atoms with Gasteiger partial charge in [0.05, 0.1) is 5.70 Å². The number of rotatable bonds is 2. The predicted octanol–water partition coefficient (Wildman–Crippen LogP) is 2.68. The van der Waals surface area contributed by atoms with Gasteiger partial charge in [0.25, 0.3) is 0 Å². The molecule has 1 aliphatic heterocycles. The van der Waals surface area contributed by atoms with Crippen LogP contribution in [0.3, 0.4) is 0 Å². The summed E-state index contributed by atoms with van der Waals surface area (Å²) in [5.41, 5.74) is 2.49. The number of benzene rings is 2. The minimum atomic E-state index is -0.524. The predicted molar refractivity (Wildman–Crippen MR) is 84.8 cm³/mol. The van der Waals surface area contributed by atoms with Gasteiger partial charge in [-0.1, -0.05) is 24.3 Å². The van der Waals surface area contributed by atoms with E-state index >= 15 is 0 Å². The minimum absolute atomic E-state index is 0.417. The van der Waals surface area contributed by atoms with E-state index in [4.69, 9.17) is 9.47 Å². The Labute approximate surface area is 132 Å². The van der Waals surface area contributed by atoms with Crippen LogP contribution in [-0.4, -0.2) is 24.8 Å². The Hall–Kier alpha value is -3.08. The number of fused-ring (bicyclic) bond motifs is 2. The van der Waals surface area contributed by atoms with Crippen LogP contribution in [0.15, 0.2) is 48.5 Å². The second-order valence-corrected chi connectivity index (χ2v) is 5.28. The van der Waals surface area contributed by atoms with Gasteiger partial charge in [0, 0.05) is 29.0 Å². The first-order valence-corrected chi connectivity index (χ1v) is 7.29. The average Bonchev–Trinajstić information content (AvgIpc) is 2.59. The third-order valence-electron chi connectivity index (χ3n) is 3.78. The van der Waals surface area contributed by atoms with E-state index in [-0.39, 0.29) is 0 Å². The highest BCUT2D eigenvalue weighted by Gasteiger charge is 2.25. The van der Waals surface area contributed by atoms with Crippen molar-refractivity contribution < 1.29 is 19.1 Å². The molecule has 0 aromatic heterocycles. The third-order valence-corrected chi connectivity index (χ3v) is 3.78. The molecule has 1 heterocycles. The van der Waals surface area contributed by atoms with Crippen molar-refractivity contribution in [1.29, 1.82) is 0 Å². The van der Waals surface area contributed by atoms with E-state index in [9.17, 15) is 9.59 Å². The molecule has 0 saturated heterocycles. The summed E-state index contributed by atoms with van der Waals surface area (Å²) in [6.07, 6.45) is 1.33. The summed E-state index contributed by atoms with van der Waals surface area (Å²) in [5, 5.41) is 3.19. The van der Waals surface area contributed by atoms with E-state index in [1.807, 2.05) is 30.3 Å². The SMILES string of the molecule is O=C1C=C(Nc2ccc3c(c2)OCCO3)c2ccccc2C1=O. The van der Waals surface area contributed by atoms with Crippen LogP contribution in [-0.2, 0) is 4.79 Å². The molecule has 114 valence electrons. The lowest BCUT2D eigenvalue weighted by molar-refractivity contribution is -0.111. The van der Waals surface area contributed by atoms with Crippen LogP contribution in [0.1, 0.15) is 15.9 Å². The normalized spacial score (nSPS) is 15.7. The minimum Gasteiger partial charge on any atom is -0.486 e. The van der Waals surface area contributed by atoms with Gasteiger partial charge < -0.3 is 14.8 Å². The van der Waals surface area contributed by atoms with Crippen molar-refractivity contribution in [3.05, 3.63) is 59.7 Å². The van der Waals surface area contributed by atoms with Crippen molar-refractivity contribution in [3.8, 4) is 11.5 Å². The summed E-state index contributed by atoms with van der Waals surface area (Å²) in [6, 6.07) is 12.5. The number of carbonyl (C=O) groups excluding carboxylic acids is 2. The van der Waals surface area contributed by atoms with Crippen LogP contribution in [0, 0.1) is 0 Å². The van der Waals surface area contributed by atoms with Gasteiger partial charge in [-0.25, -0.2) is 0 Å². The van der Waals surface area contributed by atoms with E-state index in [1.165, 1.54) is 6.08 Å². The molecule has 0 spiro atoms. The van der Waals surface area contributed by atoms with E-state index in [0.717, 1.165) is 5.69 Å². The molecule has 0 atom stereocenters. The second kappa shape index (κ2) is 5.28. The Morgan fingerprint density at radius 1 is 0.870 bits per heavy atom. The first-order valence-electron chi connectivity index (χ1n) is 7.29. The van der Waals surface area contributed by atoms with E-state index in [0.29, 0.717) is 41.5 Å². The molecular formula is C18H13NO4. The molecule has 2 aromatic carbocycles. The zero-order chi connectivity index (χ0) is 15.8. The van der Waals surface area contributed by atoms with Crippen LogP contribution in [0.4, 0.5) is 5.69 Å². The number of carbonyl (C=O) groups is 2. The molecule has 1 N–H and O–H groups in total. The average molecular weight is 307 g/mol. The van der Waals surface area contributed by atoms with E-state index < -0.39 is 11.6 Å². The highest BCUT2D eigenvalue weighted by Crippen LogP contribution is 2.34. The summed E-state index contributed by atoms with van der Waals surface area (Å²) in [4.78, 5) is 23.8. The van der Waals surface area contributed by atoms with Gasteiger partial charge in [-0.2, -0.15) is 0 Å². The lowest BCUT2D eigenvalue weighted by Gasteiger charge is -2.21. The zero-order valence-electron chi connectivity index (χ0n) is 12.2. The van der Waals surface area contributed by atoms with E-state index in [1.54, 1.807) is 12.1 Å². The number of Topliss-reactive ketones (excluding diaryl/α,β-unsaturated/α-hetero) is 1. The molecule has 0 amide bonds. The van der Waals surface area contributed by atoms with Gasteiger partial charge in [-0.3, -0.25) is 9.59 Å². The fraction of sp³-hybridized carbons (Fsp3) is 0.111. The number of anilines is 1. The first-order chi connectivity index (χ1) is 11.2. The highest BCUT2D eigenvalue weighted by molar-refractivity contribution is 6.50. The molecule has 2 aromatic rings. The molecule has 0 radical (unpaired) electrons. The van der Waals surface area contributed by atoms with Crippen LogP contribution in [0.2, 0.25) is 0 Å². The molecule has 0 bridgehead atoms. The zero-order valence-corrected chi connectivity index (χ0v) is 12.2. The van der Waals surface area contributed by atoms with Crippen molar-refractivity contribution in [2.75, 3.05) is 18.5 Å². The Kier molecular flexibility index (Phi) is 3.12. The maximum Gasteiger partial charge on any atom is 0.233 e. The van der Waals surface area contributed by atoms with Crippen LogP contribution in [0.5, 0.6) is 11.5 Å². The quantitative estimate of drug-likeness (QED) is 0.864. The van der Waals surface area contributed by atoms with Crippen molar-refractivity contribution in [3.63, 3.8) is 0 Å². The second-order valence-electron chi connectivity index (χ2n) is 5.28. The Bertz CT molecular complexity index is 854. The van der Waals surface area contributed by atoms with Crippen molar-refractivity contribution >= 4 is 23.0 Å². The van der Waals surface area contributed by atoms with Crippen LogP contribution in [0.25, 0.3) is 5.70 Å². The van der Waals surface area contributed by atoms with Gasteiger partial charge >= 0.3 is 0 Å². The monoisotopic (exact) mass is 307 g/mol. The maximum absolute atomic E-state index is 11.9. The molecule has 0 saturated carbocycles. The van der Waals surface area contributed by atoms with Crippen LogP contribution < -0.4 is 14.8 Å². The lowest BCUT2D eigenvalue weighted by atomic mass is 9.92. The molecule has 1 aliphatic carbocycles. The highest BCUT2D eigenvalue weighted by atomic mass is 16.6. The number of hydrogen-bond acceptors (Lipinski definition) is 5. The van der Waals surface area contributed by atoms with Crippen molar-refractivity contribution in [2.45, 2.75) is 0 Å². The number of ether oxygens (including phenoxy) is 2. The number of allylic oxidation sites excluding steroid dienone is 1. The maximum atomic E-state index is 11.9. The largest absolute Gasteiger partial charge is 0.486 e. The topological polar surface area (TPSA) is 64.6 Å². The molecule has 5 nitrogen and oxygen atoms in total. The summed E-state index contributed by atoms with van der Waals surface area (Å²) in [7, 11) is 0. The molecule has 0 unspecified atom stereocenters. The van der Waals surface area contributed by atoms with E-state index in [2.05, 4.69) is 5.32 Å². The summed E-state index contributed by atoms with van der Waals surface area (Å²) >= 11 is 0. The molecule has 23 heavy (non-hydrogen) atoms. The van der Waals surface area contributed by atoms with Gasteiger partial charge in [0.1, 0.15) is 13.2 Å². The number of hydrogen-bond donors (Lipinski definition) is 1. The molecule has 5 heteroatoms. The van der Waals surface area contributed by atoms with Crippen molar-refractivity contribution in [1.82, 2.24) is 0 Å². The molecular weight excluding hydrogens is 294 g/mol. The lowest BCUT2D eigenvalue weighted by Crippen LogP contribution is -2.21. The number of nitrogens with one attached hydrogen (secondary N) is 1.